The molecule has 2 N–H and O–H groups in total. The van der Waals surface area contributed by atoms with Gasteiger partial charge in [-0.05, 0) is 23.3 Å². The SMILES string of the molecule is O=C(c1ccc(-c2ccccc2)cc1)N1NC(C(F)F)=CC1(O)C(F)F. The Balaban J connectivity index is 1.87. The van der Waals surface area contributed by atoms with Crippen LogP contribution in [-0.4, -0.2) is 34.6 Å². The van der Waals surface area contributed by atoms with Crippen LogP contribution in [0.1, 0.15) is 10.4 Å². The first kappa shape index (κ1) is 17.9. The molecule has 3 rings (SSSR count). The van der Waals surface area contributed by atoms with Gasteiger partial charge in [-0.15, -0.1) is 0 Å². The van der Waals surface area contributed by atoms with Crippen molar-refractivity contribution >= 4 is 5.91 Å². The summed E-state index contributed by atoms with van der Waals surface area (Å²) in [7, 11) is 0. The summed E-state index contributed by atoms with van der Waals surface area (Å²) in [5, 5.41) is 10.1. The van der Waals surface area contributed by atoms with E-state index in [0.29, 0.717) is 0 Å². The Morgan fingerprint density at radius 1 is 0.962 bits per heavy atom. The highest BCUT2D eigenvalue weighted by Crippen LogP contribution is 2.31. The molecule has 0 saturated heterocycles. The smallest absolute Gasteiger partial charge is 0.291 e. The highest BCUT2D eigenvalue weighted by molar-refractivity contribution is 5.95. The highest BCUT2D eigenvalue weighted by Gasteiger charge is 2.51. The topological polar surface area (TPSA) is 52.6 Å². The van der Waals surface area contributed by atoms with E-state index in [-0.39, 0.29) is 16.6 Å². The fourth-order valence-corrected chi connectivity index (χ4v) is 2.60. The average molecular weight is 366 g/mol. The molecule has 1 aliphatic rings. The largest absolute Gasteiger partial charge is 0.361 e. The summed E-state index contributed by atoms with van der Waals surface area (Å²) < 4.78 is 52.0. The summed E-state index contributed by atoms with van der Waals surface area (Å²) in [6, 6.07) is 15.2. The van der Waals surface area contributed by atoms with Crippen LogP contribution in [0.3, 0.4) is 0 Å². The first-order chi connectivity index (χ1) is 12.3. The number of carbonyl (C=O) groups is 1. The van der Waals surface area contributed by atoms with E-state index in [1.807, 2.05) is 35.8 Å². The van der Waals surface area contributed by atoms with Crippen molar-refractivity contribution in [2.45, 2.75) is 18.6 Å². The second kappa shape index (κ2) is 6.80. The fraction of sp³-hybridized carbons (Fsp3) is 0.167. The third-order valence-corrected chi connectivity index (χ3v) is 3.97. The summed E-state index contributed by atoms with van der Waals surface area (Å²) in [4.78, 5) is 12.5. The number of hydrogen-bond donors (Lipinski definition) is 2. The van der Waals surface area contributed by atoms with Gasteiger partial charge < -0.3 is 5.11 Å². The van der Waals surface area contributed by atoms with Crippen LogP contribution in [0.5, 0.6) is 0 Å². The molecule has 1 atom stereocenters. The van der Waals surface area contributed by atoms with Crippen LogP contribution in [0.2, 0.25) is 0 Å². The molecule has 1 heterocycles. The van der Waals surface area contributed by atoms with Crippen LogP contribution in [0, 0.1) is 0 Å². The lowest BCUT2D eigenvalue weighted by Crippen LogP contribution is -2.56. The maximum Gasteiger partial charge on any atom is 0.291 e. The summed E-state index contributed by atoms with van der Waals surface area (Å²) in [5.41, 5.74) is -0.608. The molecule has 1 unspecified atom stereocenters. The lowest BCUT2D eigenvalue weighted by atomic mass is 10.0. The lowest BCUT2D eigenvalue weighted by molar-refractivity contribution is -0.146. The van der Waals surface area contributed by atoms with Crippen molar-refractivity contribution in [2.75, 3.05) is 0 Å². The van der Waals surface area contributed by atoms with Crippen LogP contribution in [0.15, 0.2) is 66.4 Å². The molecule has 0 bridgehead atoms. The molecule has 2 aromatic carbocycles. The van der Waals surface area contributed by atoms with Crippen molar-refractivity contribution in [2.24, 2.45) is 0 Å². The standard InChI is InChI=1S/C18H14F4N2O2/c19-15(20)14-10-18(26,17(21)22)24(23-14)16(25)13-8-6-12(7-9-13)11-4-2-1-3-5-11/h1-10,15,17,23,26H. The molecule has 0 saturated carbocycles. The van der Waals surface area contributed by atoms with Gasteiger partial charge >= 0.3 is 0 Å². The zero-order valence-corrected chi connectivity index (χ0v) is 13.2. The normalized spacial score (nSPS) is 19.7. The Hall–Kier alpha value is -2.87. The number of halogens is 4. The number of hydrogen-bond acceptors (Lipinski definition) is 3. The van der Waals surface area contributed by atoms with Crippen LogP contribution in [0.25, 0.3) is 11.1 Å². The monoisotopic (exact) mass is 366 g/mol. The van der Waals surface area contributed by atoms with E-state index in [0.717, 1.165) is 11.1 Å². The minimum absolute atomic E-state index is 0.0415. The van der Waals surface area contributed by atoms with Gasteiger partial charge in [-0.25, -0.2) is 22.6 Å². The summed E-state index contributed by atoms with van der Waals surface area (Å²) in [6.07, 6.45) is -6.35. The summed E-state index contributed by atoms with van der Waals surface area (Å²) in [6.45, 7) is 0. The number of carbonyl (C=O) groups excluding carboxylic acids is 1. The van der Waals surface area contributed by atoms with E-state index < -0.39 is 30.2 Å². The van der Waals surface area contributed by atoms with Crippen molar-refractivity contribution in [3.63, 3.8) is 0 Å². The van der Waals surface area contributed by atoms with Crippen LogP contribution >= 0.6 is 0 Å². The molecule has 4 nitrogen and oxygen atoms in total. The Labute approximate surface area is 146 Å². The van der Waals surface area contributed by atoms with E-state index in [1.54, 1.807) is 12.1 Å². The molecular weight excluding hydrogens is 352 g/mol. The first-order valence-electron chi connectivity index (χ1n) is 7.61. The minimum Gasteiger partial charge on any atom is -0.361 e. The minimum atomic E-state index is -3.47. The Morgan fingerprint density at radius 3 is 2.08 bits per heavy atom. The van der Waals surface area contributed by atoms with Crippen molar-refractivity contribution < 1.29 is 27.5 Å². The molecule has 1 amide bonds. The Bertz CT molecular complexity index is 825. The quantitative estimate of drug-likeness (QED) is 0.816. The van der Waals surface area contributed by atoms with Gasteiger partial charge in [0.15, 0.2) is 0 Å². The molecule has 0 aliphatic carbocycles. The van der Waals surface area contributed by atoms with Gasteiger partial charge in [0.2, 0.25) is 5.72 Å². The molecule has 1 aliphatic heterocycles. The van der Waals surface area contributed by atoms with E-state index in [9.17, 15) is 27.5 Å². The molecule has 0 radical (unpaired) electrons. The number of aliphatic hydroxyl groups is 1. The van der Waals surface area contributed by atoms with E-state index in [2.05, 4.69) is 0 Å². The number of nitrogens with zero attached hydrogens (tertiary/aromatic N) is 1. The van der Waals surface area contributed by atoms with E-state index in [1.165, 1.54) is 12.1 Å². The zero-order valence-electron chi connectivity index (χ0n) is 13.2. The molecule has 0 aromatic heterocycles. The van der Waals surface area contributed by atoms with Crippen molar-refractivity contribution in [3.8, 4) is 11.1 Å². The molecule has 0 spiro atoms. The first-order valence-corrected chi connectivity index (χ1v) is 7.61. The lowest BCUT2D eigenvalue weighted by Gasteiger charge is -2.31. The van der Waals surface area contributed by atoms with Gasteiger partial charge in [0.05, 0.1) is 5.70 Å². The van der Waals surface area contributed by atoms with Gasteiger partial charge in [-0.1, -0.05) is 42.5 Å². The molecular formula is C18H14F4N2O2. The average Bonchev–Trinajstić information content (AvgIpc) is 3.01. The predicted molar refractivity (Wildman–Crippen MR) is 86.2 cm³/mol. The third-order valence-electron chi connectivity index (χ3n) is 3.97. The Kier molecular flexibility index (Phi) is 4.69. The molecule has 26 heavy (non-hydrogen) atoms. The summed E-state index contributed by atoms with van der Waals surface area (Å²) >= 11 is 0. The number of hydrazine groups is 1. The van der Waals surface area contributed by atoms with E-state index >= 15 is 0 Å². The van der Waals surface area contributed by atoms with E-state index in [4.69, 9.17) is 0 Å². The highest BCUT2D eigenvalue weighted by atomic mass is 19.3. The van der Waals surface area contributed by atoms with Crippen molar-refractivity contribution in [1.29, 1.82) is 0 Å². The summed E-state index contributed by atoms with van der Waals surface area (Å²) in [5.74, 6) is -1.06. The van der Waals surface area contributed by atoms with Gasteiger partial charge in [-0.3, -0.25) is 10.2 Å². The Morgan fingerprint density at radius 2 is 1.54 bits per heavy atom. The molecule has 2 aromatic rings. The van der Waals surface area contributed by atoms with Crippen LogP contribution in [-0.2, 0) is 0 Å². The fourth-order valence-electron chi connectivity index (χ4n) is 2.60. The van der Waals surface area contributed by atoms with Crippen molar-refractivity contribution in [3.05, 3.63) is 71.9 Å². The predicted octanol–water partition coefficient (Wildman–Crippen LogP) is 3.42. The second-order valence-electron chi connectivity index (χ2n) is 5.68. The number of alkyl halides is 4. The maximum atomic E-state index is 13.2. The van der Waals surface area contributed by atoms with Gasteiger partial charge in [-0.2, -0.15) is 0 Å². The molecule has 8 heteroatoms. The van der Waals surface area contributed by atoms with Crippen molar-refractivity contribution in [1.82, 2.24) is 10.4 Å². The maximum absolute atomic E-state index is 13.2. The number of benzene rings is 2. The zero-order chi connectivity index (χ0) is 18.9. The third kappa shape index (κ3) is 3.15. The molecule has 136 valence electrons. The second-order valence-corrected chi connectivity index (χ2v) is 5.68. The van der Waals surface area contributed by atoms with Gasteiger partial charge in [0, 0.05) is 11.6 Å². The number of nitrogens with one attached hydrogen (secondary N) is 1. The van der Waals surface area contributed by atoms with Crippen LogP contribution in [0.4, 0.5) is 17.6 Å². The van der Waals surface area contributed by atoms with Gasteiger partial charge in [0.1, 0.15) is 0 Å². The molecule has 0 fully saturated rings. The number of allylic oxidation sites excluding steroid dienone is 1. The van der Waals surface area contributed by atoms with Gasteiger partial charge in [0.25, 0.3) is 18.8 Å². The van der Waals surface area contributed by atoms with Crippen LogP contribution < -0.4 is 5.43 Å². The number of amides is 1. The number of rotatable bonds is 4.